The molecule has 2 aromatic rings. The molecule has 9 nitrogen and oxygen atoms in total. The van der Waals surface area contributed by atoms with Gasteiger partial charge in [0.15, 0.2) is 0 Å². The normalized spacial score (nSPS) is 26.4. The van der Waals surface area contributed by atoms with Gasteiger partial charge in [0.2, 0.25) is 5.95 Å². The minimum Gasteiger partial charge on any atom is -0.369 e. The van der Waals surface area contributed by atoms with Gasteiger partial charge in [0, 0.05) is 37.9 Å². The van der Waals surface area contributed by atoms with E-state index in [1.54, 1.807) is 18.5 Å². The standard InChI is InChI=1S/C26H33N9/c27-12-17-4-5-23(30-14-17)35-8-6-22(7-9-35)33-26-32-16-21(13-28)25(34-26)31-15-18-10-19-2-1-3-20(11-18)24(19)29/h4-5,14,16,18-20,22,24H,1-3,6-11,15,29H2,(H2,31,32,33,34)/t18?,19-,20+,24-. The average molecular weight is 472 g/mol. The van der Waals surface area contributed by atoms with E-state index in [1.165, 1.54) is 19.3 Å². The first-order chi connectivity index (χ1) is 17.1. The van der Waals surface area contributed by atoms with Crippen molar-refractivity contribution < 1.29 is 0 Å². The van der Waals surface area contributed by atoms with Crippen LogP contribution in [-0.2, 0) is 0 Å². The van der Waals surface area contributed by atoms with E-state index in [9.17, 15) is 5.26 Å². The molecule has 1 unspecified atom stereocenters. The highest BCUT2D eigenvalue weighted by molar-refractivity contribution is 5.53. The monoisotopic (exact) mass is 471 g/mol. The van der Waals surface area contributed by atoms with E-state index >= 15 is 0 Å². The number of fused-ring (bicyclic) bond motifs is 2. The molecule has 0 spiro atoms. The van der Waals surface area contributed by atoms with E-state index < -0.39 is 0 Å². The number of aromatic nitrogens is 3. The SMILES string of the molecule is N#Cc1ccc(N2CCC(Nc3ncc(C#N)c(NCC4C[C@H]5CCC[C@@H](C4)[C@@H]5N)n3)CC2)nc1. The van der Waals surface area contributed by atoms with Crippen molar-refractivity contribution >= 4 is 17.6 Å². The molecule has 0 radical (unpaired) electrons. The second kappa shape index (κ2) is 10.5. The molecular weight excluding hydrogens is 438 g/mol. The van der Waals surface area contributed by atoms with Crippen LogP contribution in [-0.4, -0.2) is 46.7 Å². The van der Waals surface area contributed by atoms with Gasteiger partial charge in [-0.05, 0) is 68.4 Å². The zero-order valence-electron chi connectivity index (χ0n) is 20.0. The van der Waals surface area contributed by atoms with Gasteiger partial charge in [-0.25, -0.2) is 9.97 Å². The van der Waals surface area contributed by atoms with E-state index in [4.69, 9.17) is 11.0 Å². The van der Waals surface area contributed by atoms with E-state index in [-0.39, 0.29) is 6.04 Å². The summed E-state index contributed by atoms with van der Waals surface area (Å²) in [6.07, 6.45) is 11.2. The van der Waals surface area contributed by atoms with Crippen LogP contribution in [0.1, 0.15) is 56.1 Å². The van der Waals surface area contributed by atoms with Crippen LogP contribution in [0.3, 0.4) is 0 Å². The van der Waals surface area contributed by atoms with Gasteiger partial charge in [0.25, 0.3) is 0 Å². The summed E-state index contributed by atoms with van der Waals surface area (Å²) in [6.45, 7) is 2.55. The number of hydrogen-bond donors (Lipinski definition) is 3. The van der Waals surface area contributed by atoms with Crippen molar-refractivity contribution in [3.05, 3.63) is 35.7 Å². The summed E-state index contributed by atoms with van der Waals surface area (Å²) in [5, 5.41) is 25.4. The predicted octanol–water partition coefficient (Wildman–Crippen LogP) is 3.26. The smallest absolute Gasteiger partial charge is 0.224 e. The number of nitrogens with two attached hydrogens (primary N) is 1. The number of nitriles is 2. The average Bonchev–Trinajstić information content (AvgIpc) is 2.88. The van der Waals surface area contributed by atoms with Crippen molar-refractivity contribution in [3.8, 4) is 12.1 Å². The first kappa shape index (κ1) is 23.3. The maximum absolute atomic E-state index is 9.57. The van der Waals surface area contributed by atoms with Crippen molar-refractivity contribution in [1.82, 2.24) is 15.0 Å². The molecule has 0 amide bonds. The molecule has 1 saturated heterocycles. The molecule has 9 heteroatoms. The Morgan fingerprint density at radius 1 is 1.00 bits per heavy atom. The molecule has 5 rings (SSSR count). The first-order valence-corrected chi connectivity index (χ1v) is 12.8. The van der Waals surface area contributed by atoms with E-state index in [0.29, 0.717) is 46.7 Å². The fourth-order valence-corrected chi connectivity index (χ4v) is 6.06. The van der Waals surface area contributed by atoms with E-state index in [2.05, 4.69) is 42.6 Å². The van der Waals surface area contributed by atoms with Gasteiger partial charge < -0.3 is 21.3 Å². The van der Waals surface area contributed by atoms with Crippen molar-refractivity contribution in [1.29, 1.82) is 10.5 Å². The Morgan fingerprint density at radius 2 is 1.77 bits per heavy atom. The van der Waals surface area contributed by atoms with Gasteiger partial charge in [-0.3, -0.25) is 0 Å². The minimum absolute atomic E-state index is 0.254. The second-order valence-corrected chi connectivity index (χ2v) is 10.2. The fourth-order valence-electron chi connectivity index (χ4n) is 6.06. The second-order valence-electron chi connectivity index (χ2n) is 10.2. The van der Waals surface area contributed by atoms with Crippen LogP contribution < -0.4 is 21.3 Å². The van der Waals surface area contributed by atoms with Crippen LogP contribution in [0.25, 0.3) is 0 Å². The summed E-state index contributed by atoms with van der Waals surface area (Å²) >= 11 is 0. The van der Waals surface area contributed by atoms with Gasteiger partial charge in [-0.1, -0.05) is 6.42 Å². The van der Waals surface area contributed by atoms with Crippen LogP contribution >= 0.6 is 0 Å². The number of anilines is 3. The zero-order valence-corrected chi connectivity index (χ0v) is 20.0. The van der Waals surface area contributed by atoms with Crippen molar-refractivity contribution in [2.45, 2.75) is 57.0 Å². The molecule has 4 atom stereocenters. The van der Waals surface area contributed by atoms with Gasteiger partial charge in [-0.2, -0.15) is 15.5 Å². The van der Waals surface area contributed by atoms with Gasteiger partial charge in [0.05, 0.1) is 11.8 Å². The molecule has 3 fully saturated rings. The summed E-state index contributed by atoms with van der Waals surface area (Å²) in [6, 6.07) is 8.66. The number of rotatable bonds is 6. The van der Waals surface area contributed by atoms with E-state index in [0.717, 1.165) is 51.1 Å². The van der Waals surface area contributed by atoms with E-state index in [1.807, 2.05) is 6.07 Å². The molecule has 3 aliphatic rings. The van der Waals surface area contributed by atoms with Crippen LogP contribution in [0.5, 0.6) is 0 Å². The van der Waals surface area contributed by atoms with Gasteiger partial charge >= 0.3 is 0 Å². The molecule has 2 aliphatic carbocycles. The Bertz CT molecular complexity index is 1080. The molecule has 0 aromatic carbocycles. The van der Waals surface area contributed by atoms with Crippen molar-refractivity contribution in [2.24, 2.45) is 23.5 Å². The highest BCUT2D eigenvalue weighted by atomic mass is 15.2. The highest BCUT2D eigenvalue weighted by Gasteiger charge is 2.38. The topological polar surface area (TPSA) is 140 Å². The van der Waals surface area contributed by atoms with Gasteiger partial charge in [0.1, 0.15) is 29.3 Å². The number of nitrogens with zero attached hydrogens (tertiary/aromatic N) is 6. The lowest BCUT2D eigenvalue weighted by atomic mass is 9.65. The summed E-state index contributed by atoms with van der Waals surface area (Å²) in [5.74, 6) is 3.92. The molecule has 35 heavy (non-hydrogen) atoms. The summed E-state index contributed by atoms with van der Waals surface area (Å²) < 4.78 is 0. The quantitative estimate of drug-likeness (QED) is 0.579. The summed E-state index contributed by atoms with van der Waals surface area (Å²) in [5.41, 5.74) is 7.50. The Morgan fingerprint density at radius 3 is 2.43 bits per heavy atom. The third-order valence-electron chi connectivity index (χ3n) is 8.01. The summed E-state index contributed by atoms with van der Waals surface area (Å²) in [4.78, 5) is 15.7. The molecule has 2 aromatic heterocycles. The predicted molar refractivity (Wildman–Crippen MR) is 135 cm³/mol. The fraction of sp³-hybridized carbons (Fsp3) is 0.577. The van der Waals surface area contributed by atoms with Crippen LogP contribution in [0.4, 0.5) is 17.6 Å². The first-order valence-electron chi connectivity index (χ1n) is 12.8. The molecule has 182 valence electrons. The van der Waals surface area contributed by atoms with Crippen LogP contribution in [0, 0.1) is 40.4 Å². The highest BCUT2D eigenvalue weighted by Crippen LogP contribution is 2.41. The third kappa shape index (κ3) is 5.31. The third-order valence-corrected chi connectivity index (χ3v) is 8.01. The molecular formula is C26H33N9. The molecule has 2 bridgehead atoms. The van der Waals surface area contributed by atoms with Crippen molar-refractivity contribution in [3.63, 3.8) is 0 Å². The lowest BCUT2D eigenvalue weighted by Gasteiger charge is -2.44. The largest absolute Gasteiger partial charge is 0.369 e. The minimum atomic E-state index is 0.254. The molecule has 4 N–H and O–H groups in total. The Kier molecular flexibility index (Phi) is 6.96. The Hall–Kier alpha value is -3.43. The van der Waals surface area contributed by atoms with Crippen molar-refractivity contribution in [2.75, 3.05) is 35.2 Å². The number of piperidine rings is 1. The Labute approximate surface area is 206 Å². The number of pyridine rings is 1. The molecule has 2 saturated carbocycles. The maximum Gasteiger partial charge on any atom is 0.224 e. The maximum atomic E-state index is 9.57. The van der Waals surface area contributed by atoms with Gasteiger partial charge in [-0.15, -0.1) is 0 Å². The lowest BCUT2D eigenvalue weighted by Crippen LogP contribution is -2.47. The number of nitrogens with one attached hydrogen (secondary N) is 2. The lowest BCUT2D eigenvalue weighted by molar-refractivity contribution is 0.112. The molecule has 1 aliphatic heterocycles. The number of hydrogen-bond acceptors (Lipinski definition) is 9. The zero-order chi connectivity index (χ0) is 24.2. The molecule has 3 heterocycles. The van der Waals surface area contributed by atoms with Crippen LogP contribution in [0.15, 0.2) is 24.5 Å². The summed E-state index contributed by atoms with van der Waals surface area (Å²) in [7, 11) is 0. The van der Waals surface area contributed by atoms with Crippen LogP contribution in [0.2, 0.25) is 0 Å². The Balaban J connectivity index is 1.16.